The summed E-state index contributed by atoms with van der Waals surface area (Å²) >= 11 is 0. The number of aliphatic hydroxyl groups excluding tert-OH is 2. The number of hydrogen-bond donors (Lipinski definition) is 18. The first-order valence-electron chi connectivity index (χ1n) is 30.0. The van der Waals surface area contributed by atoms with Crippen LogP contribution in [0.2, 0.25) is 0 Å². The third kappa shape index (κ3) is 23.8. The van der Waals surface area contributed by atoms with Gasteiger partial charge in [-0.1, -0.05) is 70.9 Å². The van der Waals surface area contributed by atoms with E-state index in [4.69, 9.17) is 28.7 Å². The molecule has 3 rings (SSSR count). The number of rotatable bonds is 26. The minimum atomic E-state index is -1.72. The van der Waals surface area contributed by atoms with Gasteiger partial charge >= 0.3 is 0 Å². The van der Waals surface area contributed by atoms with Crippen molar-refractivity contribution in [1.29, 1.82) is 0 Å². The van der Waals surface area contributed by atoms with Gasteiger partial charge in [0.1, 0.15) is 60.4 Å². The molecule has 11 amide bonds. The standard InChI is InChI=1S/C57H98N16O13/c1-30(2)28-42-53(82)66-36(16-22-58)47(76)65-39(19-25-61)51(80)72-45(32(5)74)56(85)63-27-21-41(50(79)64-37(17-23-59)49(78)70-43(29-31(3)4)54(83)71-42)67-48(77)38(18-24-60)69-57(86)46(33(6)75)73-52(81)40(20-26-62)68-55(84)44(35-14-10-11-15-35)34-12-8-7-9-13-34/h7-9,12-13,30-33,35-46,74-75H,10-11,14-29,58-62H2,1-6H3,(H,63,85)(H,64,79)(H,65,76)(H,66,82)(H,67,77)(H,68,84)(H,69,86)(H,70,78)(H,71,83)(H,72,80)(H,73,81)/t32-,33-,36+,37+,38+,39+,40+,41+,42+,43-,44?,45+,46+/m1/s1. The molecule has 86 heavy (non-hydrogen) atoms. The van der Waals surface area contributed by atoms with E-state index in [2.05, 4.69) is 58.5 Å². The molecule has 13 atom stereocenters. The summed E-state index contributed by atoms with van der Waals surface area (Å²) in [6.07, 6.45) is -0.801. The van der Waals surface area contributed by atoms with Crippen LogP contribution in [-0.4, -0.2) is 187 Å². The van der Waals surface area contributed by atoms with Crippen LogP contribution in [0.3, 0.4) is 0 Å². The van der Waals surface area contributed by atoms with E-state index in [9.17, 15) is 63.0 Å². The molecule has 1 aliphatic heterocycles. The Hall–Kier alpha value is -6.89. The van der Waals surface area contributed by atoms with E-state index >= 15 is 0 Å². The molecular weight excluding hydrogens is 1120 g/mol. The highest BCUT2D eigenvalue weighted by atomic mass is 16.3. The third-order valence-corrected chi connectivity index (χ3v) is 14.9. The van der Waals surface area contributed by atoms with Crippen LogP contribution in [0.25, 0.3) is 0 Å². The molecule has 1 saturated carbocycles. The Morgan fingerprint density at radius 2 is 0.942 bits per heavy atom. The number of hydrogen-bond acceptors (Lipinski definition) is 18. The third-order valence-electron chi connectivity index (χ3n) is 14.9. The molecule has 0 radical (unpaired) electrons. The predicted octanol–water partition coefficient (Wildman–Crippen LogP) is -5.07. The lowest BCUT2D eigenvalue weighted by molar-refractivity contribution is -0.137. The average molecular weight is 1220 g/mol. The van der Waals surface area contributed by atoms with Crippen molar-refractivity contribution in [3.05, 3.63) is 35.9 Å². The van der Waals surface area contributed by atoms with Crippen LogP contribution in [0.5, 0.6) is 0 Å². The summed E-state index contributed by atoms with van der Waals surface area (Å²) in [5.41, 5.74) is 30.2. The maximum absolute atomic E-state index is 14.5. The van der Waals surface area contributed by atoms with E-state index in [-0.39, 0.29) is 95.4 Å². The maximum atomic E-state index is 14.5. The Morgan fingerprint density at radius 3 is 1.38 bits per heavy atom. The van der Waals surface area contributed by atoms with Gasteiger partial charge in [-0.25, -0.2) is 0 Å². The largest absolute Gasteiger partial charge is 0.391 e. The van der Waals surface area contributed by atoms with E-state index in [0.717, 1.165) is 31.2 Å². The second kappa shape index (κ2) is 37.6. The molecular formula is C57H98N16O13. The molecule has 0 bridgehead atoms. The van der Waals surface area contributed by atoms with Crippen molar-refractivity contribution in [1.82, 2.24) is 58.5 Å². The summed E-state index contributed by atoms with van der Waals surface area (Å²) in [6.45, 7) is 8.41. The van der Waals surface area contributed by atoms with E-state index in [1.807, 2.05) is 30.3 Å². The Balaban J connectivity index is 2.04. The Morgan fingerprint density at radius 1 is 0.512 bits per heavy atom. The first-order chi connectivity index (χ1) is 40.8. The Labute approximate surface area is 503 Å². The SMILES string of the molecule is CC(C)C[C@@H]1NC(=O)[C@@H](CC(C)C)NC(=O)[C@H](CCN)NC(=O)[C@@H](NC(=O)[C@H](CCN)NC(=O)[C@@H](NC(=O)[C@H](CCN)NC(=O)C(c2ccccc2)C2CCCC2)[C@@H](C)O)CCNC(=O)[C@H]([C@@H](C)O)NC(=O)[C@H](CCN)NC(=O)[C@H](CCN)NC1=O. The van der Waals surface area contributed by atoms with Crippen molar-refractivity contribution in [2.45, 2.75) is 197 Å². The zero-order chi connectivity index (χ0) is 64.2. The van der Waals surface area contributed by atoms with Gasteiger partial charge < -0.3 is 97.4 Å². The second-order valence-electron chi connectivity index (χ2n) is 23.1. The topological polar surface area (TPSA) is 491 Å². The molecule has 1 heterocycles. The van der Waals surface area contributed by atoms with Gasteiger partial charge in [-0.2, -0.15) is 0 Å². The highest BCUT2D eigenvalue weighted by molar-refractivity contribution is 5.99. The predicted molar refractivity (Wildman–Crippen MR) is 319 cm³/mol. The minimum Gasteiger partial charge on any atom is -0.391 e. The highest BCUT2D eigenvalue weighted by Gasteiger charge is 2.39. The molecule has 2 fully saturated rings. The molecule has 23 N–H and O–H groups in total. The van der Waals surface area contributed by atoms with Gasteiger partial charge in [0.05, 0.1) is 18.1 Å². The lowest BCUT2D eigenvalue weighted by Gasteiger charge is -2.29. The van der Waals surface area contributed by atoms with Gasteiger partial charge in [0, 0.05) is 6.54 Å². The van der Waals surface area contributed by atoms with Crippen LogP contribution in [0.1, 0.15) is 130 Å². The van der Waals surface area contributed by atoms with Gasteiger partial charge in [-0.3, -0.25) is 52.7 Å². The van der Waals surface area contributed by atoms with Gasteiger partial charge in [0.15, 0.2) is 0 Å². The second-order valence-corrected chi connectivity index (χ2v) is 23.1. The van der Waals surface area contributed by atoms with E-state index < -0.39 is 156 Å². The summed E-state index contributed by atoms with van der Waals surface area (Å²) in [7, 11) is 0. The summed E-state index contributed by atoms with van der Waals surface area (Å²) in [4.78, 5) is 155. The average Bonchev–Trinajstić information content (AvgIpc) is 3.56. The van der Waals surface area contributed by atoms with Crippen molar-refractivity contribution in [3.8, 4) is 0 Å². The Bertz CT molecular complexity index is 2400. The van der Waals surface area contributed by atoms with Crippen molar-refractivity contribution >= 4 is 65.0 Å². The number of carbonyl (C=O) groups is 11. The van der Waals surface area contributed by atoms with E-state index in [1.165, 1.54) is 13.8 Å². The lowest BCUT2D eigenvalue weighted by Crippen LogP contribution is -2.62. The first kappa shape index (κ1) is 73.4. The van der Waals surface area contributed by atoms with Crippen molar-refractivity contribution < 1.29 is 63.0 Å². The summed E-state index contributed by atoms with van der Waals surface area (Å²) in [5.74, 6) is -10.6. The normalized spacial score (nSPS) is 24.0. The quantitative estimate of drug-likeness (QED) is 0.0413. The van der Waals surface area contributed by atoms with Crippen LogP contribution in [0.4, 0.5) is 0 Å². The molecule has 29 heteroatoms. The number of aliphatic hydroxyl groups is 2. The zero-order valence-corrected chi connectivity index (χ0v) is 50.6. The molecule has 1 aromatic rings. The fourth-order valence-corrected chi connectivity index (χ4v) is 10.4. The van der Waals surface area contributed by atoms with Gasteiger partial charge in [-0.15, -0.1) is 0 Å². The van der Waals surface area contributed by atoms with Crippen LogP contribution in [-0.2, 0) is 52.7 Å². The lowest BCUT2D eigenvalue weighted by atomic mass is 9.84. The number of nitrogens with two attached hydrogens (primary N) is 5. The molecule has 1 aromatic carbocycles. The minimum absolute atomic E-state index is 0.0164. The summed E-state index contributed by atoms with van der Waals surface area (Å²) in [6, 6.07) is -5.49. The fraction of sp³-hybridized carbons (Fsp3) is 0.702. The van der Waals surface area contributed by atoms with Gasteiger partial charge in [-0.05, 0) is 134 Å². The molecule has 2 aliphatic rings. The maximum Gasteiger partial charge on any atom is 0.245 e. The van der Waals surface area contributed by atoms with E-state index in [0.29, 0.717) is 0 Å². The van der Waals surface area contributed by atoms with Crippen molar-refractivity contribution in [2.75, 3.05) is 39.3 Å². The van der Waals surface area contributed by atoms with Crippen LogP contribution >= 0.6 is 0 Å². The molecule has 1 unspecified atom stereocenters. The molecule has 1 aliphatic carbocycles. The van der Waals surface area contributed by atoms with Crippen LogP contribution in [0.15, 0.2) is 30.3 Å². The number of nitrogens with one attached hydrogen (secondary N) is 11. The first-order valence-corrected chi connectivity index (χ1v) is 30.0. The zero-order valence-electron chi connectivity index (χ0n) is 50.6. The van der Waals surface area contributed by atoms with Gasteiger partial charge in [0.25, 0.3) is 0 Å². The summed E-state index contributed by atoms with van der Waals surface area (Å²) < 4.78 is 0. The van der Waals surface area contributed by atoms with Crippen molar-refractivity contribution in [2.24, 2.45) is 46.4 Å². The molecule has 0 aromatic heterocycles. The molecule has 1 saturated heterocycles. The smallest absolute Gasteiger partial charge is 0.245 e. The monoisotopic (exact) mass is 1210 g/mol. The molecule has 484 valence electrons. The fourth-order valence-electron chi connectivity index (χ4n) is 10.4. The van der Waals surface area contributed by atoms with Gasteiger partial charge in [0.2, 0.25) is 65.0 Å². The molecule has 29 nitrogen and oxygen atoms in total. The number of carbonyl (C=O) groups excluding carboxylic acids is 11. The Kier molecular flexibility index (Phi) is 32.1. The van der Waals surface area contributed by atoms with Crippen molar-refractivity contribution in [3.63, 3.8) is 0 Å². The highest BCUT2D eigenvalue weighted by Crippen LogP contribution is 2.37. The number of amides is 11. The van der Waals surface area contributed by atoms with Crippen LogP contribution < -0.4 is 87.2 Å². The number of benzene rings is 1. The van der Waals surface area contributed by atoms with E-state index in [1.54, 1.807) is 27.7 Å². The molecule has 0 spiro atoms. The summed E-state index contributed by atoms with van der Waals surface area (Å²) in [5, 5.41) is 50.1. The van der Waals surface area contributed by atoms with Crippen LogP contribution in [0, 0.1) is 17.8 Å².